The first kappa shape index (κ1) is 24.0. The minimum atomic E-state index is -0.529. The van der Waals surface area contributed by atoms with Gasteiger partial charge in [0.15, 0.2) is 5.16 Å². The molecular formula is C27H30N4O2S. The fourth-order valence-corrected chi connectivity index (χ4v) is 5.02. The second-order valence-electron chi connectivity index (χ2n) is 9.16. The van der Waals surface area contributed by atoms with Crippen LogP contribution in [0.1, 0.15) is 42.8 Å². The fourth-order valence-electron chi connectivity index (χ4n) is 4.16. The van der Waals surface area contributed by atoms with Crippen LogP contribution in [-0.4, -0.2) is 32.7 Å². The predicted molar refractivity (Wildman–Crippen MR) is 135 cm³/mol. The van der Waals surface area contributed by atoms with Crippen LogP contribution in [0.5, 0.6) is 0 Å². The number of carbonyl (C=O) groups is 2. The SMILES string of the molecule is Cc1cc(C)nc(Sc2ccc(NC(=O)C3Cc4ccccc4CN3C(=O)CC(C)C)cc2)n1. The minimum Gasteiger partial charge on any atom is -0.326 e. The van der Waals surface area contributed by atoms with E-state index in [4.69, 9.17) is 0 Å². The predicted octanol–water partition coefficient (Wildman–Crippen LogP) is 5.18. The number of amides is 2. The van der Waals surface area contributed by atoms with Gasteiger partial charge in [-0.2, -0.15) is 0 Å². The van der Waals surface area contributed by atoms with E-state index in [0.29, 0.717) is 30.2 Å². The number of fused-ring (bicyclic) bond motifs is 1. The van der Waals surface area contributed by atoms with Crippen LogP contribution in [0.15, 0.2) is 64.6 Å². The summed E-state index contributed by atoms with van der Waals surface area (Å²) in [6.45, 7) is 8.42. The number of nitrogens with zero attached hydrogens (tertiary/aromatic N) is 3. The highest BCUT2D eigenvalue weighted by Crippen LogP contribution is 2.28. The molecule has 0 saturated carbocycles. The number of aromatic nitrogens is 2. The summed E-state index contributed by atoms with van der Waals surface area (Å²) >= 11 is 1.49. The first-order valence-electron chi connectivity index (χ1n) is 11.6. The zero-order valence-electron chi connectivity index (χ0n) is 20.0. The Labute approximate surface area is 205 Å². The highest BCUT2D eigenvalue weighted by Gasteiger charge is 2.34. The summed E-state index contributed by atoms with van der Waals surface area (Å²) in [6.07, 6.45) is 0.947. The van der Waals surface area contributed by atoms with E-state index in [1.54, 1.807) is 4.90 Å². The van der Waals surface area contributed by atoms with Crippen LogP contribution >= 0.6 is 11.8 Å². The zero-order chi connectivity index (χ0) is 24.2. The summed E-state index contributed by atoms with van der Waals surface area (Å²) in [5.41, 5.74) is 4.80. The van der Waals surface area contributed by atoms with E-state index in [2.05, 4.69) is 15.3 Å². The molecule has 0 radical (unpaired) electrons. The molecule has 1 unspecified atom stereocenters. The molecule has 0 aliphatic carbocycles. The van der Waals surface area contributed by atoms with Gasteiger partial charge in [-0.25, -0.2) is 9.97 Å². The van der Waals surface area contributed by atoms with Crippen molar-refractivity contribution < 1.29 is 9.59 Å². The van der Waals surface area contributed by atoms with E-state index in [-0.39, 0.29) is 17.7 Å². The number of aryl methyl sites for hydroxylation is 2. The third-order valence-electron chi connectivity index (χ3n) is 5.75. The highest BCUT2D eigenvalue weighted by atomic mass is 32.2. The fraction of sp³-hybridized carbons (Fsp3) is 0.333. The summed E-state index contributed by atoms with van der Waals surface area (Å²) < 4.78 is 0. The number of carbonyl (C=O) groups excluding carboxylic acids is 2. The summed E-state index contributed by atoms with van der Waals surface area (Å²) in [5, 5.41) is 3.72. The van der Waals surface area contributed by atoms with Gasteiger partial charge in [-0.1, -0.05) is 38.1 Å². The van der Waals surface area contributed by atoms with Crippen LogP contribution in [0, 0.1) is 19.8 Å². The Hall–Kier alpha value is -3.19. The van der Waals surface area contributed by atoms with Gasteiger partial charge in [0.05, 0.1) is 0 Å². The quantitative estimate of drug-likeness (QED) is 0.498. The Balaban J connectivity index is 1.48. The van der Waals surface area contributed by atoms with Gasteiger partial charge in [-0.15, -0.1) is 0 Å². The molecule has 7 heteroatoms. The first-order valence-corrected chi connectivity index (χ1v) is 12.4. The third-order valence-corrected chi connectivity index (χ3v) is 6.62. The molecule has 34 heavy (non-hydrogen) atoms. The van der Waals surface area contributed by atoms with Gasteiger partial charge in [-0.05, 0) is 73.0 Å². The normalized spacial score (nSPS) is 15.2. The summed E-state index contributed by atoms with van der Waals surface area (Å²) in [4.78, 5) is 37.9. The molecule has 0 saturated heterocycles. The van der Waals surface area contributed by atoms with Gasteiger partial charge in [-0.3, -0.25) is 9.59 Å². The smallest absolute Gasteiger partial charge is 0.247 e. The molecule has 3 aromatic rings. The topological polar surface area (TPSA) is 75.2 Å². The van der Waals surface area contributed by atoms with Crippen molar-refractivity contribution >= 4 is 29.3 Å². The minimum absolute atomic E-state index is 0.0184. The molecule has 1 N–H and O–H groups in total. The molecule has 1 atom stereocenters. The number of nitrogens with one attached hydrogen (secondary N) is 1. The van der Waals surface area contributed by atoms with Crippen molar-refractivity contribution in [3.8, 4) is 0 Å². The Bertz CT molecular complexity index is 1170. The maximum absolute atomic E-state index is 13.3. The first-order chi connectivity index (χ1) is 16.3. The van der Waals surface area contributed by atoms with Crippen LogP contribution in [0.2, 0.25) is 0 Å². The number of anilines is 1. The van der Waals surface area contributed by atoms with Crippen molar-refractivity contribution in [1.29, 1.82) is 0 Å². The van der Waals surface area contributed by atoms with Crippen molar-refractivity contribution in [2.45, 2.75) is 63.2 Å². The van der Waals surface area contributed by atoms with Gasteiger partial charge in [0.2, 0.25) is 11.8 Å². The number of rotatable bonds is 6. The lowest BCUT2D eigenvalue weighted by Crippen LogP contribution is -2.50. The van der Waals surface area contributed by atoms with Crippen molar-refractivity contribution in [2.75, 3.05) is 5.32 Å². The van der Waals surface area contributed by atoms with E-state index < -0.39 is 6.04 Å². The third kappa shape index (κ3) is 5.83. The number of hydrogen-bond donors (Lipinski definition) is 1. The average Bonchev–Trinajstić information content (AvgIpc) is 2.78. The van der Waals surface area contributed by atoms with Crippen molar-refractivity contribution in [3.05, 3.63) is 77.1 Å². The van der Waals surface area contributed by atoms with Crippen LogP contribution in [0.3, 0.4) is 0 Å². The monoisotopic (exact) mass is 474 g/mol. The standard InChI is InChI=1S/C27H30N4O2S/c1-17(2)13-25(32)31-16-21-8-6-5-7-20(21)15-24(31)26(33)30-22-9-11-23(12-10-22)34-27-28-18(3)14-19(4)29-27/h5-12,14,17,24H,13,15-16H2,1-4H3,(H,30,33). The molecule has 2 amide bonds. The second-order valence-corrected chi connectivity index (χ2v) is 10.2. The van der Waals surface area contributed by atoms with Crippen molar-refractivity contribution in [1.82, 2.24) is 14.9 Å². The lowest BCUT2D eigenvalue weighted by atomic mass is 9.92. The van der Waals surface area contributed by atoms with Gasteiger partial charge >= 0.3 is 0 Å². The summed E-state index contributed by atoms with van der Waals surface area (Å²) in [5.74, 6) is 0.0918. The van der Waals surface area contributed by atoms with Crippen LogP contribution in [0.25, 0.3) is 0 Å². The molecule has 0 fully saturated rings. The highest BCUT2D eigenvalue weighted by molar-refractivity contribution is 7.99. The maximum atomic E-state index is 13.3. The lowest BCUT2D eigenvalue weighted by Gasteiger charge is -2.36. The van der Waals surface area contributed by atoms with Gasteiger partial charge < -0.3 is 10.2 Å². The van der Waals surface area contributed by atoms with Gasteiger partial charge in [0.1, 0.15) is 6.04 Å². The van der Waals surface area contributed by atoms with Crippen LogP contribution in [-0.2, 0) is 22.6 Å². The molecule has 2 heterocycles. The van der Waals surface area contributed by atoms with E-state index in [1.165, 1.54) is 11.8 Å². The average molecular weight is 475 g/mol. The molecule has 1 aliphatic heterocycles. The lowest BCUT2D eigenvalue weighted by molar-refractivity contribution is -0.140. The molecule has 0 bridgehead atoms. The molecule has 6 nitrogen and oxygen atoms in total. The Kier molecular flexibility index (Phi) is 7.32. The molecule has 2 aromatic carbocycles. The molecule has 1 aromatic heterocycles. The van der Waals surface area contributed by atoms with E-state index in [1.807, 2.05) is 82.3 Å². The molecule has 0 spiro atoms. The van der Waals surface area contributed by atoms with Crippen LogP contribution in [0.4, 0.5) is 5.69 Å². The molecular weight excluding hydrogens is 444 g/mol. The maximum Gasteiger partial charge on any atom is 0.247 e. The summed E-state index contributed by atoms with van der Waals surface area (Å²) in [7, 11) is 0. The molecule has 4 rings (SSSR count). The Morgan fingerprint density at radius 2 is 1.68 bits per heavy atom. The van der Waals surface area contributed by atoms with Crippen LogP contribution < -0.4 is 5.32 Å². The molecule has 176 valence electrons. The van der Waals surface area contributed by atoms with Gasteiger partial charge in [0, 0.05) is 41.4 Å². The van der Waals surface area contributed by atoms with E-state index in [0.717, 1.165) is 27.4 Å². The van der Waals surface area contributed by atoms with E-state index in [9.17, 15) is 9.59 Å². The van der Waals surface area contributed by atoms with Crippen molar-refractivity contribution in [3.63, 3.8) is 0 Å². The van der Waals surface area contributed by atoms with E-state index >= 15 is 0 Å². The zero-order valence-corrected chi connectivity index (χ0v) is 20.9. The Morgan fingerprint density at radius 3 is 2.32 bits per heavy atom. The number of benzene rings is 2. The number of hydrogen-bond acceptors (Lipinski definition) is 5. The summed E-state index contributed by atoms with van der Waals surface area (Å²) in [6, 6.07) is 17.1. The molecule has 1 aliphatic rings. The van der Waals surface area contributed by atoms with Gasteiger partial charge in [0.25, 0.3) is 0 Å². The second kappa shape index (κ2) is 10.4. The largest absolute Gasteiger partial charge is 0.326 e. The van der Waals surface area contributed by atoms with Crippen molar-refractivity contribution in [2.24, 2.45) is 5.92 Å². The Morgan fingerprint density at radius 1 is 1.03 bits per heavy atom.